The topological polar surface area (TPSA) is 73.6 Å². The van der Waals surface area contributed by atoms with Gasteiger partial charge in [0.1, 0.15) is 6.26 Å². The molecule has 2 aromatic rings. The van der Waals surface area contributed by atoms with Gasteiger partial charge in [-0.1, -0.05) is 18.2 Å². The number of fused-ring (bicyclic) bond motifs is 1. The number of hydrogen-bond donors (Lipinski definition) is 0. The number of rotatable bonds is 3. The molecule has 18 heavy (non-hydrogen) atoms. The van der Waals surface area contributed by atoms with E-state index in [-0.39, 0.29) is 12.2 Å². The molecule has 1 heterocycles. The van der Waals surface area contributed by atoms with Crippen LogP contribution in [-0.4, -0.2) is 18.4 Å². The van der Waals surface area contributed by atoms with Crippen LogP contribution in [0.4, 0.5) is 0 Å². The highest BCUT2D eigenvalue weighted by molar-refractivity contribution is 6.08. The first-order valence-corrected chi connectivity index (χ1v) is 5.26. The summed E-state index contributed by atoms with van der Waals surface area (Å²) in [7, 11) is 0. The Morgan fingerprint density at radius 3 is 2.56 bits per heavy atom. The molecule has 0 aliphatic carbocycles. The van der Waals surface area contributed by atoms with E-state index in [0.29, 0.717) is 10.8 Å². The number of hydrogen-bond acceptors (Lipinski definition) is 5. The second-order valence-electron chi connectivity index (χ2n) is 3.69. The van der Waals surface area contributed by atoms with Crippen LogP contribution in [0.15, 0.2) is 39.7 Å². The van der Waals surface area contributed by atoms with Crippen LogP contribution in [0, 0.1) is 0 Å². The quantitative estimate of drug-likeness (QED) is 0.606. The van der Waals surface area contributed by atoms with Crippen LogP contribution >= 0.6 is 0 Å². The predicted molar refractivity (Wildman–Crippen MR) is 63.4 cm³/mol. The molecule has 0 bridgehead atoms. The molecule has 5 heteroatoms. The number of carbonyl (C=O) groups excluding carboxylic acids is 2. The van der Waals surface area contributed by atoms with E-state index in [2.05, 4.69) is 4.74 Å². The van der Waals surface area contributed by atoms with E-state index in [4.69, 9.17) is 4.42 Å². The van der Waals surface area contributed by atoms with Crippen molar-refractivity contribution in [3.05, 3.63) is 46.5 Å². The summed E-state index contributed by atoms with van der Waals surface area (Å²) >= 11 is 0. The molecule has 0 fully saturated rings. The molecule has 92 valence electrons. The SMILES string of the molecule is CC(=O)OCC(=O)c1coc(=O)c2ccccc12. The Hall–Kier alpha value is -2.43. The first-order chi connectivity index (χ1) is 8.59. The van der Waals surface area contributed by atoms with Crippen molar-refractivity contribution in [3.8, 4) is 0 Å². The molecule has 0 aliphatic heterocycles. The van der Waals surface area contributed by atoms with Crippen LogP contribution in [0.1, 0.15) is 17.3 Å². The fraction of sp³-hybridized carbons (Fsp3) is 0.154. The minimum atomic E-state index is -0.537. The highest BCUT2D eigenvalue weighted by atomic mass is 16.5. The van der Waals surface area contributed by atoms with Gasteiger partial charge in [-0.3, -0.25) is 9.59 Å². The summed E-state index contributed by atoms with van der Waals surface area (Å²) in [6.45, 7) is 0.851. The van der Waals surface area contributed by atoms with Crippen molar-refractivity contribution in [2.45, 2.75) is 6.92 Å². The lowest BCUT2D eigenvalue weighted by Crippen LogP contribution is -2.13. The summed E-state index contributed by atoms with van der Waals surface area (Å²) in [6.07, 6.45) is 1.09. The fourth-order valence-electron chi connectivity index (χ4n) is 1.60. The maximum Gasteiger partial charge on any atom is 0.343 e. The lowest BCUT2D eigenvalue weighted by Gasteiger charge is -2.04. The molecule has 0 N–H and O–H groups in total. The van der Waals surface area contributed by atoms with Gasteiger partial charge in [-0.05, 0) is 6.07 Å². The summed E-state index contributed by atoms with van der Waals surface area (Å²) in [4.78, 5) is 33.9. The van der Waals surface area contributed by atoms with Gasteiger partial charge in [0.2, 0.25) is 5.78 Å². The smallest absolute Gasteiger partial charge is 0.343 e. The molecular weight excluding hydrogens is 236 g/mol. The monoisotopic (exact) mass is 246 g/mol. The Labute approximate surface area is 102 Å². The molecular formula is C13H10O5. The Balaban J connectivity index is 2.45. The largest absolute Gasteiger partial charge is 0.457 e. The number of esters is 1. The maximum absolute atomic E-state index is 11.8. The van der Waals surface area contributed by atoms with Crippen LogP contribution in [0.25, 0.3) is 10.8 Å². The minimum absolute atomic E-state index is 0.228. The fourth-order valence-corrected chi connectivity index (χ4v) is 1.60. The molecule has 0 saturated carbocycles. The standard InChI is InChI=1S/C13H10O5/c1-8(14)17-7-12(15)11-6-18-13(16)10-5-3-2-4-9(10)11/h2-6H,7H2,1H3. The second-order valence-corrected chi connectivity index (χ2v) is 3.69. The number of ketones is 1. The summed E-state index contributed by atoms with van der Waals surface area (Å²) in [5.41, 5.74) is -0.277. The zero-order chi connectivity index (χ0) is 13.1. The van der Waals surface area contributed by atoms with Gasteiger partial charge in [-0.15, -0.1) is 0 Å². The van der Waals surface area contributed by atoms with E-state index < -0.39 is 17.4 Å². The average Bonchev–Trinajstić information content (AvgIpc) is 2.37. The molecule has 0 aliphatic rings. The van der Waals surface area contributed by atoms with Gasteiger partial charge in [0.15, 0.2) is 6.61 Å². The zero-order valence-electron chi connectivity index (χ0n) is 9.64. The molecule has 0 atom stereocenters. The minimum Gasteiger partial charge on any atom is -0.457 e. The first kappa shape index (κ1) is 12.0. The molecule has 2 rings (SSSR count). The highest BCUT2D eigenvalue weighted by Crippen LogP contribution is 2.15. The predicted octanol–water partition coefficient (Wildman–Crippen LogP) is 1.54. The average molecular weight is 246 g/mol. The normalized spacial score (nSPS) is 10.3. The molecule has 0 spiro atoms. The Morgan fingerprint density at radius 1 is 1.22 bits per heavy atom. The summed E-state index contributed by atoms with van der Waals surface area (Å²) in [6, 6.07) is 6.61. The van der Waals surface area contributed by atoms with Gasteiger partial charge >= 0.3 is 11.6 Å². The zero-order valence-corrected chi connectivity index (χ0v) is 9.64. The van der Waals surface area contributed by atoms with Gasteiger partial charge in [-0.25, -0.2) is 4.79 Å². The number of Topliss-reactive ketones (excluding diaryl/α,β-unsaturated/α-hetero) is 1. The third-order valence-electron chi connectivity index (χ3n) is 2.43. The van der Waals surface area contributed by atoms with Gasteiger partial charge < -0.3 is 9.15 Å². The summed E-state index contributed by atoms with van der Waals surface area (Å²) < 4.78 is 9.41. The molecule has 0 radical (unpaired) electrons. The van der Waals surface area contributed by atoms with Crippen LogP contribution in [0.3, 0.4) is 0 Å². The first-order valence-electron chi connectivity index (χ1n) is 5.26. The highest BCUT2D eigenvalue weighted by Gasteiger charge is 2.14. The van der Waals surface area contributed by atoms with Gasteiger partial charge in [-0.2, -0.15) is 0 Å². The van der Waals surface area contributed by atoms with E-state index >= 15 is 0 Å². The van der Waals surface area contributed by atoms with Gasteiger partial charge in [0.25, 0.3) is 0 Å². The molecule has 0 unspecified atom stereocenters. The third-order valence-corrected chi connectivity index (χ3v) is 2.43. The van der Waals surface area contributed by atoms with Crippen molar-refractivity contribution in [2.75, 3.05) is 6.61 Å². The van der Waals surface area contributed by atoms with E-state index in [0.717, 1.165) is 6.26 Å². The van der Waals surface area contributed by atoms with E-state index in [9.17, 15) is 14.4 Å². The van der Waals surface area contributed by atoms with Gasteiger partial charge in [0, 0.05) is 12.3 Å². The van der Waals surface area contributed by atoms with E-state index in [1.807, 2.05) is 0 Å². The maximum atomic E-state index is 11.8. The Bertz CT molecular complexity index is 668. The van der Waals surface area contributed by atoms with Crippen molar-refractivity contribution >= 4 is 22.5 Å². The second kappa shape index (κ2) is 4.83. The van der Waals surface area contributed by atoms with Crippen molar-refractivity contribution in [1.29, 1.82) is 0 Å². The van der Waals surface area contributed by atoms with E-state index in [1.54, 1.807) is 24.3 Å². The lowest BCUT2D eigenvalue weighted by molar-refractivity contribution is -0.139. The van der Waals surface area contributed by atoms with Crippen LogP contribution in [0.5, 0.6) is 0 Å². The van der Waals surface area contributed by atoms with E-state index in [1.165, 1.54) is 6.92 Å². The van der Waals surface area contributed by atoms with Crippen molar-refractivity contribution in [3.63, 3.8) is 0 Å². The Morgan fingerprint density at radius 2 is 1.89 bits per heavy atom. The molecule has 0 amide bonds. The Kier molecular flexibility index (Phi) is 3.23. The summed E-state index contributed by atoms with van der Waals surface area (Å²) in [5.74, 6) is -0.949. The molecule has 1 aromatic carbocycles. The number of ether oxygens (including phenoxy) is 1. The number of benzene rings is 1. The molecule has 0 saturated heterocycles. The molecule has 5 nitrogen and oxygen atoms in total. The summed E-state index contributed by atoms with van der Waals surface area (Å²) in [5, 5.41) is 0.817. The van der Waals surface area contributed by atoms with Gasteiger partial charge in [0.05, 0.1) is 10.9 Å². The van der Waals surface area contributed by atoms with Crippen molar-refractivity contribution in [1.82, 2.24) is 0 Å². The van der Waals surface area contributed by atoms with Crippen LogP contribution in [-0.2, 0) is 9.53 Å². The lowest BCUT2D eigenvalue weighted by atomic mass is 10.1. The number of carbonyl (C=O) groups is 2. The van der Waals surface area contributed by atoms with Crippen molar-refractivity contribution < 1.29 is 18.7 Å². The van der Waals surface area contributed by atoms with Crippen molar-refractivity contribution in [2.24, 2.45) is 0 Å². The van der Waals surface area contributed by atoms with Crippen LogP contribution < -0.4 is 5.63 Å². The third kappa shape index (κ3) is 2.29. The van der Waals surface area contributed by atoms with Crippen LogP contribution in [0.2, 0.25) is 0 Å². The molecule has 1 aromatic heterocycles.